The summed E-state index contributed by atoms with van der Waals surface area (Å²) in [5.74, 6) is 0.692. The van der Waals surface area contributed by atoms with E-state index in [9.17, 15) is 9.59 Å². The highest BCUT2D eigenvalue weighted by Crippen LogP contribution is 2.19. The molecule has 0 spiro atoms. The van der Waals surface area contributed by atoms with Crippen LogP contribution < -0.4 is 15.4 Å². The highest BCUT2D eigenvalue weighted by molar-refractivity contribution is 5.83. The van der Waals surface area contributed by atoms with Gasteiger partial charge in [0.15, 0.2) is 0 Å². The van der Waals surface area contributed by atoms with Gasteiger partial charge < -0.3 is 15.4 Å². The molecule has 0 saturated carbocycles. The average molecular weight is 262 g/mol. The fraction of sp³-hybridized carbons (Fsp3) is 0.429. The molecule has 1 heterocycles. The van der Waals surface area contributed by atoms with Crippen LogP contribution in [0.2, 0.25) is 0 Å². The third kappa shape index (κ3) is 3.47. The van der Waals surface area contributed by atoms with Crippen molar-refractivity contribution in [1.29, 1.82) is 0 Å². The second-order valence-electron chi connectivity index (χ2n) is 4.75. The van der Waals surface area contributed by atoms with Gasteiger partial charge in [0.25, 0.3) is 0 Å². The third-order valence-electron chi connectivity index (χ3n) is 3.18. The summed E-state index contributed by atoms with van der Waals surface area (Å²) in [5.41, 5.74) is 1.94. The number of hydrogen-bond acceptors (Lipinski definition) is 3. The number of nitrogens with one attached hydrogen (secondary N) is 2. The zero-order valence-corrected chi connectivity index (χ0v) is 11.2. The Kier molecular flexibility index (Phi) is 4.04. The van der Waals surface area contributed by atoms with Crippen molar-refractivity contribution in [3.63, 3.8) is 0 Å². The number of benzene rings is 1. The third-order valence-corrected chi connectivity index (χ3v) is 3.18. The lowest BCUT2D eigenvalue weighted by Crippen LogP contribution is -2.37. The van der Waals surface area contributed by atoms with E-state index in [0.717, 1.165) is 16.9 Å². The second-order valence-corrected chi connectivity index (χ2v) is 4.75. The molecule has 1 fully saturated rings. The maximum Gasteiger partial charge on any atom is 0.224 e. The van der Waals surface area contributed by atoms with Crippen molar-refractivity contribution in [2.45, 2.75) is 25.8 Å². The Morgan fingerprint density at radius 1 is 1.53 bits per heavy atom. The SMILES string of the molecule is COc1cc(CC(=O)NC2CNC(=O)C2)ccc1C. The molecule has 1 aromatic carbocycles. The molecule has 1 unspecified atom stereocenters. The summed E-state index contributed by atoms with van der Waals surface area (Å²) in [6, 6.07) is 5.62. The number of ether oxygens (including phenoxy) is 1. The summed E-state index contributed by atoms with van der Waals surface area (Å²) in [7, 11) is 1.61. The van der Waals surface area contributed by atoms with Gasteiger partial charge >= 0.3 is 0 Å². The Morgan fingerprint density at radius 3 is 2.95 bits per heavy atom. The minimum absolute atomic E-state index is 0.0118. The standard InChI is InChI=1S/C14H18N2O3/c1-9-3-4-10(5-12(9)19-2)6-14(18)16-11-7-13(17)15-8-11/h3-5,11H,6-8H2,1-2H3,(H,15,17)(H,16,18). The summed E-state index contributed by atoms with van der Waals surface area (Å²) in [6.07, 6.45) is 0.657. The molecular formula is C14H18N2O3. The van der Waals surface area contributed by atoms with E-state index >= 15 is 0 Å². The van der Waals surface area contributed by atoms with Crippen molar-refractivity contribution in [1.82, 2.24) is 10.6 Å². The van der Waals surface area contributed by atoms with Gasteiger partial charge in [-0.2, -0.15) is 0 Å². The Morgan fingerprint density at radius 2 is 2.32 bits per heavy atom. The van der Waals surface area contributed by atoms with E-state index in [1.54, 1.807) is 7.11 Å². The van der Waals surface area contributed by atoms with E-state index in [1.807, 2.05) is 25.1 Å². The first-order valence-corrected chi connectivity index (χ1v) is 6.28. The lowest BCUT2D eigenvalue weighted by Gasteiger charge is -2.11. The quantitative estimate of drug-likeness (QED) is 0.832. The van der Waals surface area contributed by atoms with Crippen LogP contribution in [-0.2, 0) is 16.0 Å². The van der Waals surface area contributed by atoms with Gasteiger partial charge in [0.05, 0.1) is 19.6 Å². The molecule has 0 radical (unpaired) electrons. The van der Waals surface area contributed by atoms with Crippen LogP contribution in [-0.4, -0.2) is 31.5 Å². The molecule has 5 heteroatoms. The van der Waals surface area contributed by atoms with Crippen molar-refractivity contribution in [2.75, 3.05) is 13.7 Å². The van der Waals surface area contributed by atoms with E-state index in [1.165, 1.54) is 0 Å². The molecular weight excluding hydrogens is 244 g/mol. The molecule has 1 atom stereocenters. The first-order chi connectivity index (χ1) is 9.08. The predicted molar refractivity (Wildman–Crippen MR) is 71.0 cm³/mol. The number of amides is 2. The predicted octanol–water partition coefficient (Wildman–Crippen LogP) is 0.551. The van der Waals surface area contributed by atoms with Crippen LogP contribution in [0.4, 0.5) is 0 Å². The molecule has 1 saturated heterocycles. The fourth-order valence-corrected chi connectivity index (χ4v) is 2.15. The minimum atomic E-state index is -0.0904. The number of hydrogen-bond donors (Lipinski definition) is 2. The summed E-state index contributed by atoms with van der Waals surface area (Å²) in [4.78, 5) is 22.9. The Labute approximate surface area is 112 Å². The highest BCUT2D eigenvalue weighted by atomic mass is 16.5. The van der Waals surface area contributed by atoms with Crippen molar-refractivity contribution in [2.24, 2.45) is 0 Å². The minimum Gasteiger partial charge on any atom is -0.496 e. The van der Waals surface area contributed by atoms with Gasteiger partial charge in [-0.1, -0.05) is 12.1 Å². The molecule has 2 N–H and O–H groups in total. The number of carbonyl (C=O) groups is 2. The monoisotopic (exact) mass is 262 g/mol. The summed E-state index contributed by atoms with van der Waals surface area (Å²) in [6.45, 7) is 2.47. The molecule has 0 aliphatic carbocycles. The van der Waals surface area contributed by atoms with Crippen molar-refractivity contribution < 1.29 is 14.3 Å². The molecule has 2 rings (SSSR count). The van der Waals surface area contributed by atoms with Crippen LogP contribution >= 0.6 is 0 Å². The molecule has 1 aromatic rings. The molecule has 102 valence electrons. The molecule has 5 nitrogen and oxygen atoms in total. The molecule has 19 heavy (non-hydrogen) atoms. The Bertz CT molecular complexity index is 499. The second kappa shape index (κ2) is 5.73. The largest absolute Gasteiger partial charge is 0.496 e. The van der Waals surface area contributed by atoms with Crippen LogP contribution in [0, 0.1) is 6.92 Å². The first-order valence-electron chi connectivity index (χ1n) is 6.28. The van der Waals surface area contributed by atoms with Gasteiger partial charge in [0.1, 0.15) is 5.75 Å². The smallest absolute Gasteiger partial charge is 0.224 e. The lowest BCUT2D eigenvalue weighted by molar-refractivity contribution is -0.121. The molecule has 1 aliphatic rings. The van der Waals surface area contributed by atoms with Gasteiger partial charge in [0, 0.05) is 13.0 Å². The van der Waals surface area contributed by atoms with Gasteiger partial charge in [-0.25, -0.2) is 0 Å². The Hall–Kier alpha value is -2.04. The summed E-state index contributed by atoms with van der Waals surface area (Å²) in [5, 5.41) is 5.54. The van der Waals surface area contributed by atoms with E-state index < -0.39 is 0 Å². The topological polar surface area (TPSA) is 67.4 Å². The number of aryl methyl sites for hydroxylation is 1. The number of rotatable bonds is 4. The maximum absolute atomic E-state index is 11.9. The molecule has 1 aliphatic heterocycles. The van der Waals surface area contributed by atoms with Crippen molar-refractivity contribution >= 4 is 11.8 Å². The summed E-state index contributed by atoms with van der Waals surface area (Å²) >= 11 is 0. The van der Waals surface area contributed by atoms with Crippen molar-refractivity contribution in [3.05, 3.63) is 29.3 Å². The molecule has 2 amide bonds. The normalized spacial score (nSPS) is 18.0. The van der Waals surface area contributed by atoms with Gasteiger partial charge in [0.2, 0.25) is 11.8 Å². The van der Waals surface area contributed by atoms with Gasteiger partial charge in [-0.3, -0.25) is 9.59 Å². The zero-order chi connectivity index (χ0) is 13.8. The maximum atomic E-state index is 11.9. The first kappa shape index (κ1) is 13.4. The zero-order valence-electron chi connectivity index (χ0n) is 11.2. The average Bonchev–Trinajstić information content (AvgIpc) is 2.77. The van der Waals surface area contributed by atoms with E-state index in [2.05, 4.69) is 10.6 Å². The van der Waals surface area contributed by atoms with E-state index in [0.29, 0.717) is 19.4 Å². The lowest BCUT2D eigenvalue weighted by atomic mass is 10.1. The molecule has 0 bridgehead atoms. The van der Waals surface area contributed by atoms with E-state index in [4.69, 9.17) is 4.74 Å². The van der Waals surface area contributed by atoms with Crippen LogP contribution in [0.15, 0.2) is 18.2 Å². The highest BCUT2D eigenvalue weighted by Gasteiger charge is 2.22. The van der Waals surface area contributed by atoms with Crippen LogP contribution in [0.3, 0.4) is 0 Å². The number of methoxy groups -OCH3 is 1. The van der Waals surface area contributed by atoms with Crippen molar-refractivity contribution in [3.8, 4) is 5.75 Å². The van der Waals surface area contributed by atoms with Crippen LogP contribution in [0.1, 0.15) is 17.5 Å². The Balaban J connectivity index is 1.93. The van der Waals surface area contributed by atoms with Crippen LogP contribution in [0.25, 0.3) is 0 Å². The van der Waals surface area contributed by atoms with Gasteiger partial charge in [-0.05, 0) is 24.1 Å². The number of carbonyl (C=O) groups excluding carboxylic acids is 2. The van der Waals surface area contributed by atoms with Crippen LogP contribution in [0.5, 0.6) is 5.75 Å². The fourth-order valence-electron chi connectivity index (χ4n) is 2.15. The molecule has 0 aromatic heterocycles. The van der Waals surface area contributed by atoms with E-state index in [-0.39, 0.29) is 17.9 Å². The van der Waals surface area contributed by atoms with Gasteiger partial charge in [-0.15, -0.1) is 0 Å². The summed E-state index contributed by atoms with van der Waals surface area (Å²) < 4.78 is 5.23.